The van der Waals surface area contributed by atoms with E-state index < -0.39 is 23.4 Å². The van der Waals surface area contributed by atoms with Crippen LogP contribution in [0.5, 0.6) is 17.5 Å². The molecule has 0 atom stereocenters. The molecule has 11 nitrogen and oxygen atoms in total. The average Bonchev–Trinajstić information content (AvgIpc) is 3.34. The third kappa shape index (κ3) is 6.82. The summed E-state index contributed by atoms with van der Waals surface area (Å²) < 4.78 is 53.7. The Morgan fingerprint density at radius 1 is 0.977 bits per heavy atom. The molecule has 228 valence electrons. The molecule has 0 amide bonds. The topological polar surface area (TPSA) is 125 Å². The first-order valence-electron chi connectivity index (χ1n) is 13.1. The first-order valence-corrected chi connectivity index (χ1v) is 13.5. The molecule has 0 aliphatic heterocycles. The number of aliphatic hydroxyl groups is 1. The maximum absolute atomic E-state index is 13.5. The van der Waals surface area contributed by atoms with Gasteiger partial charge >= 0.3 is 18.1 Å². The fourth-order valence-corrected chi connectivity index (χ4v) is 4.46. The van der Waals surface area contributed by atoms with Crippen molar-refractivity contribution in [2.24, 2.45) is 17.3 Å². The van der Waals surface area contributed by atoms with Crippen molar-refractivity contribution >= 4 is 34.1 Å². The van der Waals surface area contributed by atoms with Crippen molar-refractivity contribution < 1.29 is 27.8 Å². The number of halogens is 4. The zero-order valence-corrected chi connectivity index (χ0v) is 23.8. The van der Waals surface area contributed by atoms with Crippen LogP contribution in [-0.4, -0.2) is 36.8 Å². The Bertz CT molecular complexity index is 1940. The Hall–Kier alpha value is -4.95. The van der Waals surface area contributed by atoms with Crippen molar-refractivity contribution in [1.82, 2.24) is 18.7 Å². The molecule has 1 N–H and O–H groups in total. The summed E-state index contributed by atoms with van der Waals surface area (Å²) in [5.74, 6) is -0.810. The van der Waals surface area contributed by atoms with Gasteiger partial charge in [0.05, 0.1) is 12.2 Å². The molecule has 2 heterocycles. The highest BCUT2D eigenvalue weighted by Gasteiger charge is 2.33. The lowest BCUT2D eigenvalue weighted by atomic mass is 10.2. The van der Waals surface area contributed by atoms with E-state index in [1.165, 1.54) is 23.7 Å². The van der Waals surface area contributed by atoms with Crippen LogP contribution >= 0.6 is 11.6 Å². The van der Waals surface area contributed by atoms with Gasteiger partial charge in [0.1, 0.15) is 11.4 Å². The summed E-state index contributed by atoms with van der Waals surface area (Å²) in [6.07, 6.45) is -4.89. The Morgan fingerprint density at radius 3 is 2.39 bits per heavy atom. The minimum Gasteiger partial charge on any atom is -0.425 e. The maximum atomic E-state index is 13.5. The van der Waals surface area contributed by atoms with Crippen LogP contribution in [0.25, 0.3) is 11.2 Å². The number of benzene rings is 3. The zero-order chi connectivity index (χ0) is 31.4. The van der Waals surface area contributed by atoms with Crippen molar-refractivity contribution in [2.75, 3.05) is 6.61 Å². The number of ether oxygens (including phenoxy) is 2. The van der Waals surface area contributed by atoms with Crippen molar-refractivity contribution in [2.45, 2.75) is 25.9 Å². The number of aryl methyl sites for hydroxylation is 1. The number of fused-ring (bicyclic) bond motifs is 1. The molecule has 0 aliphatic rings. The molecule has 44 heavy (non-hydrogen) atoms. The summed E-state index contributed by atoms with van der Waals surface area (Å²) >= 11 is 6.03. The van der Waals surface area contributed by atoms with Gasteiger partial charge in [-0.25, -0.2) is 4.79 Å². The van der Waals surface area contributed by atoms with Gasteiger partial charge in [0, 0.05) is 31.3 Å². The lowest BCUT2D eigenvalue weighted by Crippen LogP contribution is -2.39. The van der Waals surface area contributed by atoms with Gasteiger partial charge in [-0.05, 0) is 48.4 Å². The lowest BCUT2D eigenvalue weighted by Gasteiger charge is -2.14. The lowest BCUT2D eigenvalue weighted by molar-refractivity contribution is -0.274. The number of aliphatic hydroxyl groups excluding tert-OH is 1. The molecule has 5 rings (SSSR count). The number of hydrogen-bond donors (Lipinski definition) is 1. The number of azo groups is 1. The second-order valence-corrected chi connectivity index (χ2v) is 9.91. The van der Waals surface area contributed by atoms with Gasteiger partial charge in [0.15, 0.2) is 16.9 Å². The predicted octanol–water partition coefficient (Wildman–Crippen LogP) is 6.09. The van der Waals surface area contributed by atoms with E-state index in [0.29, 0.717) is 16.3 Å². The summed E-state index contributed by atoms with van der Waals surface area (Å²) in [5, 5.41) is 17.6. The van der Waals surface area contributed by atoms with Crippen LogP contribution in [0.2, 0.25) is 5.02 Å². The van der Waals surface area contributed by atoms with Crippen LogP contribution in [0.1, 0.15) is 12.0 Å². The number of imidazole rings is 1. The smallest absolute Gasteiger partial charge is 0.425 e. The molecule has 2 aromatic heterocycles. The zero-order valence-electron chi connectivity index (χ0n) is 23.0. The number of hydrogen-bond acceptors (Lipinski definition) is 8. The molecule has 3 aromatic carbocycles. The fourth-order valence-electron chi connectivity index (χ4n) is 4.33. The van der Waals surface area contributed by atoms with E-state index in [2.05, 4.69) is 19.9 Å². The van der Waals surface area contributed by atoms with E-state index in [9.17, 15) is 27.9 Å². The van der Waals surface area contributed by atoms with Crippen molar-refractivity contribution in [1.29, 1.82) is 0 Å². The SMILES string of the molecule is Cn1c(=O)n(CCCO)c(=O)c2c1nc(Oc1ccc(N=Nc3ccccc3)c(OC(F)(F)F)c1)n2Cc1ccc(Cl)cc1. The van der Waals surface area contributed by atoms with Gasteiger partial charge in [-0.1, -0.05) is 41.9 Å². The van der Waals surface area contributed by atoms with Crippen LogP contribution < -0.4 is 20.7 Å². The predicted molar refractivity (Wildman–Crippen MR) is 155 cm³/mol. The Morgan fingerprint density at radius 2 is 1.70 bits per heavy atom. The summed E-state index contributed by atoms with van der Waals surface area (Å²) in [5.41, 5.74) is -0.455. The van der Waals surface area contributed by atoms with Crippen molar-refractivity contribution in [3.05, 3.63) is 104 Å². The Kier molecular flexibility index (Phi) is 8.83. The highest BCUT2D eigenvalue weighted by atomic mass is 35.5. The second kappa shape index (κ2) is 12.7. The van der Waals surface area contributed by atoms with E-state index in [-0.39, 0.29) is 54.7 Å². The standard InChI is InChI=1S/C29H24ClF3N6O5/c1-37-25-24(26(41)38(28(37)42)14-5-15-40)39(17-18-8-10-19(30)11-9-18)27(34-25)43-21-12-13-22(23(16-21)44-29(31,32)33)36-35-20-6-3-2-4-7-20/h2-4,6-13,16,40H,5,14-15,17H2,1H3. The minimum absolute atomic E-state index is 0.00929. The first-order chi connectivity index (χ1) is 21.0. The summed E-state index contributed by atoms with van der Waals surface area (Å²) in [4.78, 5) is 30.9. The third-order valence-corrected chi connectivity index (χ3v) is 6.64. The van der Waals surface area contributed by atoms with E-state index in [1.807, 2.05) is 0 Å². The molecule has 0 unspecified atom stereocenters. The fraction of sp³-hybridized carbons (Fsp3) is 0.207. The highest BCUT2D eigenvalue weighted by molar-refractivity contribution is 6.30. The Balaban J connectivity index is 1.62. The summed E-state index contributed by atoms with van der Waals surface area (Å²) in [7, 11) is 1.42. The quantitative estimate of drug-likeness (QED) is 0.187. The highest BCUT2D eigenvalue weighted by Crippen LogP contribution is 2.38. The molecule has 5 aromatic rings. The summed E-state index contributed by atoms with van der Waals surface area (Å²) in [6.45, 7) is -0.252. The van der Waals surface area contributed by atoms with Crippen LogP contribution in [0.15, 0.2) is 92.6 Å². The van der Waals surface area contributed by atoms with Gasteiger partial charge < -0.3 is 14.6 Å². The molecular weight excluding hydrogens is 605 g/mol. The van der Waals surface area contributed by atoms with Crippen LogP contribution in [-0.2, 0) is 20.1 Å². The molecule has 0 radical (unpaired) electrons. The van der Waals surface area contributed by atoms with Crippen LogP contribution in [0.3, 0.4) is 0 Å². The molecule has 0 saturated carbocycles. The van der Waals surface area contributed by atoms with E-state index >= 15 is 0 Å². The van der Waals surface area contributed by atoms with E-state index in [1.54, 1.807) is 54.6 Å². The van der Waals surface area contributed by atoms with E-state index in [0.717, 1.165) is 15.2 Å². The van der Waals surface area contributed by atoms with Crippen LogP contribution in [0, 0.1) is 0 Å². The monoisotopic (exact) mass is 628 g/mol. The van der Waals surface area contributed by atoms with Gasteiger partial charge in [0.2, 0.25) is 0 Å². The molecule has 0 fully saturated rings. The number of aromatic nitrogens is 4. The molecule has 0 aliphatic carbocycles. The Labute approximate surface area is 252 Å². The molecule has 15 heteroatoms. The van der Waals surface area contributed by atoms with Gasteiger partial charge in [0.25, 0.3) is 5.56 Å². The minimum atomic E-state index is -5.05. The van der Waals surface area contributed by atoms with Gasteiger partial charge in [-0.2, -0.15) is 10.1 Å². The molecule has 0 spiro atoms. The summed E-state index contributed by atoms with van der Waals surface area (Å²) in [6, 6.07) is 18.5. The normalized spacial score (nSPS) is 11.9. The average molecular weight is 629 g/mol. The molecule has 0 saturated heterocycles. The number of rotatable bonds is 10. The van der Waals surface area contributed by atoms with Crippen molar-refractivity contribution in [3.63, 3.8) is 0 Å². The van der Waals surface area contributed by atoms with E-state index in [4.69, 9.17) is 16.3 Å². The number of nitrogens with zero attached hydrogens (tertiary/aromatic N) is 6. The third-order valence-electron chi connectivity index (χ3n) is 6.39. The van der Waals surface area contributed by atoms with Crippen molar-refractivity contribution in [3.8, 4) is 17.5 Å². The van der Waals surface area contributed by atoms with Gasteiger partial charge in [-0.3, -0.25) is 18.5 Å². The number of alkyl halides is 3. The molecule has 0 bridgehead atoms. The largest absolute Gasteiger partial charge is 0.573 e. The first kappa shape index (κ1) is 30.5. The van der Waals surface area contributed by atoms with Crippen LogP contribution in [0.4, 0.5) is 24.5 Å². The maximum Gasteiger partial charge on any atom is 0.573 e. The molecular formula is C29H24ClF3N6O5. The van der Waals surface area contributed by atoms with Gasteiger partial charge in [-0.15, -0.1) is 18.3 Å². The second-order valence-electron chi connectivity index (χ2n) is 9.47.